The van der Waals surface area contributed by atoms with Gasteiger partial charge in [0.1, 0.15) is 0 Å². The molecule has 2 aliphatic rings. The van der Waals surface area contributed by atoms with Crippen molar-refractivity contribution in [2.75, 3.05) is 49.8 Å². The first-order valence-electron chi connectivity index (χ1n) is 9.24. The first-order chi connectivity index (χ1) is 12.5. The Labute approximate surface area is 155 Å². The van der Waals surface area contributed by atoms with E-state index in [1.54, 1.807) is 20.0 Å². The Kier molecular flexibility index (Phi) is 5.84. The van der Waals surface area contributed by atoms with Gasteiger partial charge >= 0.3 is 5.97 Å². The minimum atomic E-state index is -0.341. The van der Waals surface area contributed by atoms with E-state index in [4.69, 9.17) is 14.2 Å². The van der Waals surface area contributed by atoms with E-state index in [0.717, 1.165) is 31.6 Å². The first kappa shape index (κ1) is 18.7. The molecular formula is C20H28N2O4. The van der Waals surface area contributed by atoms with Crippen LogP contribution in [0.25, 0.3) is 0 Å². The standard InChI is InChI=1S/C20H28N2O4/c1-4-24-19(23)16(2)15-21(3)17-5-7-18(8-6-17)22-11-9-20(10-12-22)25-13-14-26-20/h5-8,15H,4,9-14H2,1-3H3/b16-15+. The second-order valence-corrected chi connectivity index (χ2v) is 6.75. The molecule has 2 heterocycles. The molecule has 2 saturated heterocycles. The highest BCUT2D eigenvalue weighted by atomic mass is 16.7. The number of carbonyl (C=O) groups excluding carboxylic acids is 1. The van der Waals surface area contributed by atoms with Gasteiger partial charge < -0.3 is 24.0 Å². The smallest absolute Gasteiger partial charge is 0.335 e. The average molecular weight is 360 g/mol. The lowest BCUT2D eigenvalue weighted by Gasteiger charge is -2.38. The van der Waals surface area contributed by atoms with E-state index in [1.807, 2.05) is 11.9 Å². The van der Waals surface area contributed by atoms with Crippen LogP contribution in [0.3, 0.4) is 0 Å². The molecular weight excluding hydrogens is 332 g/mol. The Morgan fingerprint density at radius 1 is 1.23 bits per heavy atom. The third-order valence-corrected chi connectivity index (χ3v) is 4.95. The second-order valence-electron chi connectivity index (χ2n) is 6.75. The highest BCUT2D eigenvalue weighted by Gasteiger charge is 2.39. The summed E-state index contributed by atoms with van der Waals surface area (Å²) >= 11 is 0. The van der Waals surface area contributed by atoms with Gasteiger partial charge in [-0.1, -0.05) is 0 Å². The monoisotopic (exact) mass is 360 g/mol. The van der Waals surface area contributed by atoms with E-state index in [9.17, 15) is 4.79 Å². The quantitative estimate of drug-likeness (QED) is 0.594. The lowest BCUT2D eigenvalue weighted by atomic mass is 10.0. The van der Waals surface area contributed by atoms with E-state index in [0.29, 0.717) is 25.4 Å². The molecule has 0 aromatic heterocycles. The third kappa shape index (κ3) is 4.19. The number of rotatable bonds is 5. The maximum Gasteiger partial charge on any atom is 0.335 e. The van der Waals surface area contributed by atoms with Crippen LogP contribution in [-0.4, -0.2) is 51.7 Å². The number of nitrogens with zero attached hydrogens (tertiary/aromatic N) is 2. The predicted molar refractivity (Wildman–Crippen MR) is 101 cm³/mol. The number of hydrogen-bond acceptors (Lipinski definition) is 6. The van der Waals surface area contributed by atoms with Crippen molar-refractivity contribution in [3.05, 3.63) is 36.0 Å². The number of hydrogen-bond donors (Lipinski definition) is 0. The number of ether oxygens (including phenoxy) is 3. The van der Waals surface area contributed by atoms with Gasteiger partial charge in [-0.05, 0) is 38.1 Å². The summed E-state index contributed by atoms with van der Waals surface area (Å²) in [5, 5.41) is 0. The summed E-state index contributed by atoms with van der Waals surface area (Å²) in [5.74, 6) is -0.624. The van der Waals surface area contributed by atoms with Crippen molar-refractivity contribution in [2.45, 2.75) is 32.5 Å². The Bertz CT molecular complexity index is 640. The van der Waals surface area contributed by atoms with Gasteiger partial charge in [-0.15, -0.1) is 0 Å². The topological polar surface area (TPSA) is 51.2 Å². The molecule has 6 nitrogen and oxygen atoms in total. The molecule has 0 saturated carbocycles. The minimum absolute atomic E-state index is 0.283. The number of piperidine rings is 1. The number of esters is 1. The third-order valence-electron chi connectivity index (χ3n) is 4.95. The molecule has 1 aromatic rings. The molecule has 0 amide bonds. The minimum Gasteiger partial charge on any atom is -0.463 e. The summed E-state index contributed by atoms with van der Waals surface area (Å²) in [6, 6.07) is 8.37. The molecule has 1 aromatic carbocycles. The molecule has 0 bridgehead atoms. The van der Waals surface area contributed by atoms with Crippen LogP contribution in [0.5, 0.6) is 0 Å². The summed E-state index contributed by atoms with van der Waals surface area (Å²) in [7, 11) is 1.93. The Morgan fingerprint density at radius 3 is 2.42 bits per heavy atom. The predicted octanol–water partition coefficient (Wildman–Crippen LogP) is 2.93. The molecule has 6 heteroatoms. The number of benzene rings is 1. The lowest BCUT2D eigenvalue weighted by molar-refractivity contribution is -0.169. The van der Waals surface area contributed by atoms with Crippen molar-refractivity contribution in [2.24, 2.45) is 0 Å². The van der Waals surface area contributed by atoms with Crippen molar-refractivity contribution in [3.8, 4) is 0 Å². The highest BCUT2D eigenvalue weighted by molar-refractivity contribution is 5.88. The van der Waals surface area contributed by atoms with Gasteiger partial charge in [0.15, 0.2) is 5.79 Å². The fourth-order valence-corrected chi connectivity index (χ4v) is 3.45. The zero-order valence-electron chi connectivity index (χ0n) is 15.9. The molecule has 2 aliphatic heterocycles. The van der Waals surface area contributed by atoms with Crippen LogP contribution in [0.1, 0.15) is 26.7 Å². The highest BCUT2D eigenvalue weighted by Crippen LogP contribution is 2.33. The van der Waals surface area contributed by atoms with Crippen molar-refractivity contribution in [3.63, 3.8) is 0 Å². The molecule has 0 aliphatic carbocycles. The summed E-state index contributed by atoms with van der Waals surface area (Å²) in [5.41, 5.74) is 2.80. The Morgan fingerprint density at radius 2 is 1.85 bits per heavy atom. The van der Waals surface area contributed by atoms with Gasteiger partial charge in [-0.2, -0.15) is 0 Å². The average Bonchev–Trinajstić information content (AvgIpc) is 3.10. The number of carbonyl (C=O) groups is 1. The van der Waals surface area contributed by atoms with Crippen molar-refractivity contribution < 1.29 is 19.0 Å². The van der Waals surface area contributed by atoms with E-state index in [1.165, 1.54) is 5.69 Å². The zero-order valence-corrected chi connectivity index (χ0v) is 15.9. The fraction of sp³-hybridized carbons (Fsp3) is 0.550. The molecule has 0 atom stereocenters. The summed E-state index contributed by atoms with van der Waals surface area (Å²) in [6.45, 7) is 7.23. The van der Waals surface area contributed by atoms with Crippen LogP contribution < -0.4 is 9.80 Å². The first-order valence-corrected chi connectivity index (χ1v) is 9.24. The van der Waals surface area contributed by atoms with Gasteiger partial charge in [0.05, 0.1) is 25.4 Å². The van der Waals surface area contributed by atoms with Gasteiger partial charge in [-0.3, -0.25) is 0 Å². The maximum absolute atomic E-state index is 11.7. The van der Waals surface area contributed by atoms with Gasteiger partial charge in [0, 0.05) is 50.6 Å². The van der Waals surface area contributed by atoms with Crippen molar-refractivity contribution in [1.82, 2.24) is 0 Å². The molecule has 0 N–H and O–H groups in total. The van der Waals surface area contributed by atoms with E-state index in [2.05, 4.69) is 29.2 Å². The largest absolute Gasteiger partial charge is 0.463 e. The summed E-state index contributed by atoms with van der Waals surface area (Å²) < 4.78 is 16.6. The van der Waals surface area contributed by atoms with Crippen LogP contribution in [-0.2, 0) is 19.0 Å². The van der Waals surface area contributed by atoms with Crippen LogP contribution in [0, 0.1) is 0 Å². The normalized spacial score (nSPS) is 19.7. The van der Waals surface area contributed by atoms with Crippen molar-refractivity contribution >= 4 is 17.3 Å². The second kappa shape index (κ2) is 8.10. The van der Waals surface area contributed by atoms with Crippen LogP contribution >= 0.6 is 0 Å². The van der Waals surface area contributed by atoms with E-state index < -0.39 is 0 Å². The Balaban J connectivity index is 1.60. The molecule has 1 spiro atoms. The summed E-state index contributed by atoms with van der Waals surface area (Å²) in [4.78, 5) is 16.0. The van der Waals surface area contributed by atoms with Crippen LogP contribution in [0.4, 0.5) is 11.4 Å². The SMILES string of the molecule is CCOC(=O)/C(C)=C/N(C)c1ccc(N2CCC3(CC2)OCCO3)cc1. The van der Waals surface area contributed by atoms with Gasteiger partial charge in [0.2, 0.25) is 0 Å². The number of anilines is 2. The van der Waals surface area contributed by atoms with Crippen LogP contribution in [0.2, 0.25) is 0 Å². The van der Waals surface area contributed by atoms with Crippen molar-refractivity contribution in [1.29, 1.82) is 0 Å². The molecule has 0 radical (unpaired) electrons. The molecule has 26 heavy (non-hydrogen) atoms. The zero-order chi connectivity index (χ0) is 18.6. The van der Waals surface area contributed by atoms with E-state index in [-0.39, 0.29) is 11.8 Å². The van der Waals surface area contributed by atoms with E-state index >= 15 is 0 Å². The Hall–Kier alpha value is -2.05. The fourth-order valence-electron chi connectivity index (χ4n) is 3.45. The molecule has 142 valence electrons. The summed E-state index contributed by atoms with van der Waals surface area (Å²) in [6.07, 6.45) is 3.60. The van der Waals surface area contributed by atoms with Gasteiger partial charge in [0.25, 0.3) is 0 Å². The molecule has 3 rings (SSSR count). The molecule has 2 fully saturated rings. The maximum atomic E-state index is 11.7. The van der Waals surface area contributed by atoms with Crippen LogP contribution in [0.15, 0.2) is 36.0 Å². The molecule has 0 unspecified atom stereocenters. The van der Waals surface area contributed by atoms with Gasteiger partial charge in [-0.25, -0.2) is 4.79 Å². The lowest BCUT2D eigenvalue weighted by Crippen LogP contribution is -2.45.